The minimum atomic E-state index is -0.869. The molecule has 0 radical (unpaired) electrons. The summed E-state index contributed by atoms with van der Waals surface area (Å²) in [6.07, 6.45) is 0. The third kappa shape index (κ3) is 3.75. The Balaban J connectivity index is 2.18. The summed E-state index contributed by atoms with van der Waals surface area (Å²) in [7, 11) is 0. The van der Waals surface area contributed by atoms with E-state index in [9.17, 15) is 5.11 Å². The molecule has 0 aliphatic carbocycles. The highest BCUT2D eigenvalue weighted by Crippen LogP contribution is 2.38. The first-order valence-electron chi connectivity index (χ1n) is 6.48. The molecule has 1 heterocycles. The summed E-state index contributed by atoms with van der Waals surface area (Å²) < 4.78 is 16.4. The zero-order chi connectivity index (χ0) is 13.9. The number of aliphatic hydroxyl groups is 1. The molecular formula is C14H21NO4. The molecule has 0 atom stereocenters. The molecule has 5 heteroatoms. The maximum absolute atomic E-state index is 9.74. The molecule has 1 aromatic rings. The van der Waals surface area contributed by atoms with Gasteiger partial charge in [0.25, 0.3) is 0 Å². The van der Waals surface area contributed by atoms with Crippen LogP contribution < -0.4 is 19.5 Å². The number of rotatable bonds is 6. The largest absolute Gasteiger partial charge is 0.490 e. The lowest BCUT2D eigenvalue weighted by Crippen LogP contribution is -2.28. The van der Waals surface area contributed by atoms with Gasteiger partial charge in [0.2, 0.25) is 6.79 Å². The summed E-state index contributed by atoms with van der Waals surface area (Å²) in [6, 6.07) is 3.74. The van der Waals surface area contributed by atoms with Crippen molar-refractivity contribution in [2.45, 2.75) is 32.9 Å². The Morgan fingerprint density at radius 2 is 2.00 bits per heavy atom. The van der Waals surface area contributed by atoms with E-state index in [1.807, 2.05) is 19.1 Å². The Morgan fingerprint density at radius 1 is 1.32 bits per heavy atom. The van der Waals surface area contributed by atoms with E-state index in [0.717, 1.165) is 17.9 Å². The van der Waals surface area contributed by atoms with Crippen molar-refractivity contribution in [1.82, 2.24) is 5.32 Å². The molecule has 106 valence electrons. The lowest BCUT2D eigenvalue weighted by molar-refractivity contribution is 0.0280. The predicted octanol–water partition coefficient (Wildman–Crippen LogP) is 1.67. The number of hydrogen-bond donors (Lipinski definition) is 2. The maximum atomic E-state index is 9.74. The van der Waals surface area contributed by atoms with Gasteiger partial charge >= 0.3 is 0 Å². The van der Waals surface area contributed by atoms with Crippen LogP contribution in [-0.4, -0.2) is 30.7 Å². The minimum absolute atomic E-state index is 0.228. The summed E-state index contributed by atoms with van der Waals surface area (Å²) >= 11 is 0. The fourth-order valence-electron chi connectivity index (χ4n) is 1.75. The van der Waals surface area contributed by atoms with Gasteiger partial charge in [0, 0.05) is 18.2 Å². The third-order valence-electron chi connectivity index (χ3n) is 2.70. The van der Waals surface area contributed by atoms with Gasteiger partial charge in [0.15, 0.2) is 11.5 Å². The van der Waals surface area contributed by atoms with E-state index in [2.05, 4.69) is 5.32 Å². The van der Waals surface area contributed by atoms with E-state index in [-0.39, 0.29) is 13.4 Å². The molecule has 5 nitrogen and oxygen atoms in total. The van der Waals surface area contributed by atoms with Gasteiger partial charge in [-0.2, -0.15) is 0 Å². The molecule has 0 saturated carbocycles. The molecule has 0 saturated heterocycles. The Kier molecular flexibility index (Phi) is 4.17. The lowest BCUT2D eigenvalue weighted by Gasteiger charge is -2.20. The number of benzene rings is 1. The van der Waals surface area contributed by atoms with E-state index in [1.165, 1.54) is 0 Å². The summed E-state index contributed by atoms with van der Waals surface area (Å²) in [4.78, 5) is 0. The van der Waals surface area contributed by atoms with Crippen LogP contribution in [0.3, 0.4) is 0 Å². The molecule has 1 aromatic carbocycles. The van der Waals surface area contributed by atoms with Crippen molar-refractivity contribution in [2.24, 2.45) is 0 Å². The van der Waals surface area contributed by atoms with Crippen molar-refractivity contribution in [3.8, 4) is 17.2 Å². The van der Waals surface area contributed by atoms with Crippen molar-refractivity contribution >= 4 is 0 Å². The van der Waals surface area contributed by atoms with Crippen LogP contribution in [0, 0.1) is 0 Å². The second-order valence-corrected chi connectivity index (χ2v) is 5.19. The van der Waals surface area contributed by atoms with Crippen LogP contribution in [0.4, 0.5) is 0 Å². The van der Waals surface area contributed by atoms with Crippen LogP contribution in [0.1, 0.15) is 26.3 Å². The van der Waals surface area contributed by atoms with Gasteiger partial charge in [-0.25, -0.2) is 0 Å². The van der Waals surface area contributed by atoms with E-state index >= 15 is 0 Å². The Labute approximate surface area is 113 Å². The summed E-state index contributed by atoms with van der Waals surface area (Å²) in [5.74, 6) is 2.14. The molecule has 0 amide bonds. The monoisotopic (exact) mass is 267 g/mol. The summed E-state index contributed by atoms with van der Waals surface area (Å²) in [5, 5.41) is 13.0. The number of nitrogens with one attached hydrogen (secondary N) is 1. The van der Waals surface area contributed by atoms with E-state index in [1.54, 1.807) is 13.8 Å². The normalized spacial score (nSPS) is 13.7. The van der Waals surface area contributed by atoms with E-state index in [4.69, 9.17) is 14.2 Å². The van der Waals surface area contributed by atoms with Crippen LogP contribution in [0.15, 0.2) is 12.1 Å². The second-order valence-electron chi connectivity index (χ2n) is 5.19. The third-order valence-corrected chi connectivity index (χ3v) is 2.70. The Bertz CT molecular complexity index is 440. The Hall–Kier alpha value is -1.46. The molecular weight excluding hydrogens is 246 g/mol. The SMILES string of the molecule is CCNCc1cc2c(cc1OCC(C)(C)O)OCO2. The van der Waals surface area contributed by atoms with Gasteiger partial charge in [-0.15, -0.1) is 0 Å². The van der Waals surface area contributed by atoms with Crippen LogP contribution in [-0.2, 0) is 6.54 Å². The lowest BCUT2D eigenvalue weighted by atomic mass is 10.1. The van der Waals surface area contributed by atoms with Crippen molar-refractivity contribution in [3.05, 3.63) is 17.7 Å². The topological polar surface area (TPSA) is 60.0 Å². The zero-order valence-electron chi connectivity index (χ0n) is 11.7. The molecule has 2 N–H and O–H groups in total. The standard InChI is InChI=1S/C14H21NO4/c1-4-15-7-10-5-12-13(19-9-18-12)6-11(10)17-8-14(2,3)16/h5-6,15-16H,4,7-9H2,1-3H3. The average molecular weight is 267 g/mol. The molecule has 0 unspecified atom stereocenters. The highest BCUT2D eigenvalue weighted by atomic mass is 16.7. The molecule has 0 bridgehead atoms. The first-order valence-corrected chi connectivity index (χ1v) is 6.48. The zero-order valence-corrected chi connectivity index (χ0v) is 11.7. The van der Waals surface area contributed by atoms with E-state index < -0.39 is 5.60 Å². The minimum Gasteiger partial charge on any atom is -0.490 e. The average Bonchev–Trinajstić information content (AvgIpc) is 2.79. The quantitative estimate of drug-likeness (QED) is 0.821. The molecule has 0 aromatic heterocycles. The van der Waals surface area contributed by atoms with Crippen LogP contribution in [0.5, 0.6) is 17.2 Å². The molecule has 1 aliphatic heterocycles. The summed E-state index contributed by atoms with van der Waals surface area (Å²) in [6.45, 7) is 7.50. The van der Waals surface area contributed by atoms with Gasteiger partial charge < -0.3 is 24.6 Å². The maximum Gasteiger partial charge on any atom is 0.231 e. The summed E-state index contributed by atoms with van der Waals surface area (Å²) in [5.41, 5.74) is 0.126. The molecule has 0 fully saturated rings. The van der Waals surface area contributed by atoms with Gasteiger partial charge in [-0.3, -0.25) is 0 Å². The molecule has 0 spiro atoms. The van der Waals surface area contributed by atoms with E-state index in [0.29, 0.717) is 18.0 Å². The van der Waals surface area contributed by atoms with Gasteiger partial charge in [0.05, 0.1) is 5.60 Å². The van der Waals surface area contributed by atoms with Crippen molar-refractivity contribution < 1.29 is 19.3 Å². The number of ether oxygens (including phenoxy) is 3. The fraction of sp³-hybridized carbons (Fsp3) is 0.571. The predicted molar refractivity (Wildman–Crippen MR) is 71.7 cm³/mol. The van der Waals surface area contributed by atoms with Crippen molar-refractivity contribution in [1.29, 1.82) is 0 Å². The Morgan fingerprint density at radius 3 is 2.63 bits per heavy atom. The first-order chi connectivity index (χ1) is 8.99. The van der Waals surface area contributed by atoms with Crippen molar-refractivity contribution in [3.63, 3.8) is 0 Å². The molecule has 19 heavy (non-hydrogen) atoms. The smallest absolute Gasteiger partial charge is 0.231 e. The van der Waals surface area contributed by atoms with Crippen LogP contribution in [0.25, 0.3) is 0 Å². The van der Waals surface area contributed by atoms with Crippen LogP contribution >= 0.6 is 0 Å². The first kappa shape index (κ1) is 14.0. The molecule has 2 rings (SSSR count). The van der Waals surface area contributed by atoms with Gasteiger partial charge in [0.1, 0.15) is 12.4 Å². The number of hydrogen-bond acceptors (Lipinski definition) is 5. The van der Waals surface area contributed by atoms with Crippen molar-refractivity contribution in [2.75, 3.05) is 19.9 Å². The number of fused-ring (bicyclic) bond motifs is 1. The highest BCUT2D eigenvalue weighted by Gasteiger charge is 2.20. The van der Waals surface area contributed by atoms with Crippen LogP contribution in [0.2, 0.25) is 0 Å². The van der Waals surface area contributed by atoms with Gasteiger partial charge in [-0.1, -0.05) is 6.92 Å². The second kappa shape index (κ2) is 5.67. The molecule has 1 aliphatic rings. The van der Waals surface area contributed by atoms with Gasteiger partial charge in [-0.05, 0) is 26.5 Å². The highest BCUT2D eigenvalue weighted by molar-refractivity contribution is 5.51. The fourth-order valence-corrected chi connectivity index (χ4v) is 1.75.